The zero-order chi connectivity index (χ0) is 16.6. The van der Waals surface area contributed by atoms with Crippen molar-refractivity contribution in [1.82, 2.24) is 5.32 Å². The SMILES string of the molecule is COc1ccccc1C(C)(C)NC(=O)C1CC1c1ccc(C)s1. The second kappa shape index (κ2) is 6.00. The first-order valence-corrected chi connectivity index (χ1v) is 8.76. The van der Waals surface area contributed by atoms with E-state index in [1.807, 2.05) is 38.1 Å². The van der Waals surface area contributed by atoms with E-state index in [1.165, 1.54) is 9.75 Å². The number of rotatable bonds is 5. The van der Waals surface area contributed by atoms with Gasteiger partial charge in [-0.25, -0.2) is 0 Å². The Hall–Kier alpha value is -1.81. The quantitative estimate of drug-likeness (QED) is 0.892. The van der Waals surface area contributed by atoms with E-state index in [9.17, 15) is 4.79 Å². The summed E-state index contributed by atoms with van der Waals surface area (Å²) in [4.78, 5) is 15.3. The Morgan fingerprint density at radius 3 is 2.65 bits per heavy atom. The molecule has 1 aromatic carbocycles. The third-order valence-electron chi connectivity index (χ3n) is 4.47. The van der Waals surface area contributed by atoms with Crippen molar-refractivity contribution in [1.29, 1.82) is 0 Å². The molecule has 1 N–H and O–H groups in total. The lowest BCUT2D eigenvalue weighted by atomic mass is 9.93. The number of para-hydroxylation sites is 1. The van der Waals surface area contributed by atoms with Crippen LogP contribution >= 0.6 is 11.3 Å². The largest absolute Gasteiger partial charge is 0.496 e. The number of thiophene rings is 1. The van der Waals surface area contributed by atoms with Gasteiger partial charge >= 0.3 is 0 Å². The maximum atomic E-state index is 12.6. The van der Waals surface area contributed by atoms with Gasteiger partial charge in [-0.05, 0) is 45.4 Å². The maximum absolute atomic E-state index is 12.6. The second-order valence-corrected chi connectivity index (χ2v) is 8.03. The summed E-state index contributed by atoms with van der Waals surface area (Å²) in [5, 5.41) is 3.20. The molecule has 1 aliphatic rings. The van der Waals surface area contributed by atoms with Gasteiger partial charge in [0.05, 0.1) is 12.6 Å². The van der Waals surface area contributed by atoms with Crippen LogP contribution in [0.15, 0.2) is 36.4 Å². The van der Waals surface area contributed by atoms with E-state index in [2.05, 4.69) is 24.4 Å². The molecule has 122 valence electrons. The molecule has 1 aromatic heterocycles. The molecule has 1 aliphatic carbocycles. The average Bonchev–Trinajstić information content (AvgIpc) is 3.22. The molecular weight excluding hydrogens is 306 g/mol. The molecule has 1 amide bonds. The van der Waals surface area contributed by atoms with Gasteiger partial charge in [-0.1, -0.05) is 18.2 Å². The highest BCUT2D eigenvalue weighted by Crippen LogP contribution is 2.50. The van der Waals surface area contributed by atoms with Crippen LogP contribution in [-0.2, 0) is 10.3 Å². The molecule has 0 saturated heterocycles. The van der Waals surface area contributed by atoms with Crippen LogP contribution in [0.1, 0.15) is 41.5 Å². The van der Waals surface area contributed by atoms with Gasteiger partial charge in [0.25, 0.3) is 0 Å². The first-order chi connectivity index (χ1) is 10.9. The monoisotopic (exact) mass is 329 g/mol. The van der Waals surface area contributed by atoms with Gasteiger partial charge in [-0.15, -0.1) is 11.3 Å². The lowest BCUT2D eigenvalue weighted by Gasteiger charge is -2.28. The van der Waals surface area contributed by atoms with Gasteiger partial charge < -0.3 is 10.1 Å². The van der Waals surface area contributed by atoms with Crippen LogP contribution in [0.5, 0.6) is 5.75 Å². The van der Waals surface area contributed by atoms with Crippen molar-refractivity contribution in [2.75, 3.05) is 7.11 Å². The number of benzene rings is 1. The molecule has 1 saturated carbocycles. The fourth-order valence-electron chi connectivity index (χ4n) is 3.08. The van der Waals surface area contributed by atoms with E-state index in [0.717, 1.165) is 17.7 Å². The van der Waals surface area contributed by atoms with Crippen molar-refractivity contribution in [3.63, 3.8) is 0 Å². The van der Waals surface area contributed by atoms with Gasteiger partial charge in [0, 0.05) is 27.2 Å². The summed E-state index contributed by atoms with van der Waals surface area (Å²) in [6.07, 6.45) is 0.952. The third kappa shape index (κ3) is 3.27. The summed E-state index contributed by atoms with van der Waals surface area (Å²) in [6.45, 7) is 6.15. The summed E-state index contributed by atoms with van der Waals surface area (Å²) in [6, 6.07) is 12.1. The minimum Gasteiger partial charge on any atom is -0.496 e. The van der Waals surface area contributed by atoms with Crippen molar-refractivity contribution < 1.29 is 9.53 Å². The summed E-state index contributed by atoms with van der Waals surface area (Å²) < 4.78 is 5.43. The predicted octanol–water partition coefficient (Wildman–Crippen LogP) is 4.22. The standard InChI is InChI=1S/C19H23NO2S/c1-12-9-10-17(23-12)13-11-14(13)18(21)20-19(2,3)15-7-5-6-8-16(15)22-4/h5-10,13-14H,11H2,1-4H3,(H,20,21). The van der Waals surface area contributed by atoms with Gasteiger partial charge in [-0.3, -0.25) is 4.79 Å². The number of methoxy groups -OCH3 is 1. The number of amides is 1. The molecule has 0 aliphatic heterocycles. The van der Waals surface area contributed by atoms with Crippen LogP contribution in [0.3, 0.4) is 0 Å². The molecule has 3 nitrogen and oxygen atoms in total. The lowest BCUT2D eigenvalue weighted by Crippen LogP contribution is -2.42. The Morgan fingerprint density at radius 1 is 1.26 bits per heavy atom. The molecule has 2 unspecified atom stereocenters. The van der Waals surface area contributed by atoms with Crippen molar-refractivity contribution in [2.45, 2.75) is 38.6 Å². The molecule has 2 aromatic rings. The Morgan fingerprint density at radius 2 is 2.00 bits per heavy atom. The molecular formula is C19H23NO2S. The number of carbonyl (C=O) groups excluding carboxylic acids is 1. The molecule has 4 heteroatoms. The summed E-state index contributed by atoms with van der Waals surface area (Å²) >= 11 is 1.80. The molecule has 0 spiro atoms. The second-order valence-electron chi connectivity index (χ2n) is 6.71. The van der Waals surface area contributed by atoms with E-state index in [-0.39, 0.29) is 11.8 Å². The molecule has 0 bridgehead atoms. The fraction of sp³-hybridized carbons (Fsp3) is 0.421. The minimum atomic E-state index is -0.456. The molecule has 3 rings (SSSR count). The molecule has 1 heterocycles. The van der Waals surface area contributed by atoms with Crippen LogP contribution in [0.25, 0.3) is 0 Å². The molecule has 23 heavy (non-hydrogen) atoms. The highest BCUT2D eigenvalue weighted by molar-refractivity contribution is 7.12. The molecule has 1 fully saturated rings. The van der Waals surface area contributed by atoms with Crippen molar-refractivity contribution in [3.05, 3.63) is 51.7 Å². The molecule has 2 atom stereocenters. The van der Waals surface area contributed by atoms with Crippen LogP contribution in [-0.4, -0.2) is 13.0 Å². The van der Waals surface area contributed by atoms with E-state index in [4.69, 9.17) is 4.74 Å². The van der Waals surface area contributed by atoms with Crippen LogP contribution < -0.4 is 10.1 Å². The Kier molecular flexibility index (Phi) is 4.19. The van der Waals surface area contributed by atoms with Gasteiger partial charge in [-0.2, -0.15) is 0 Å². The number of nitrogens with one attached hydrogen (secondary N) is 1. The van der Waals surface area contributed by atoms with Crippen molar-refractivity contribution in [3.8, 4) is 5.75 Å². The Labute approximate surface area is 141 Å². The van der Waals surface area contributed by atoms with Crippen molar-refractivity contribution >= 4 is 17.2 Å². The zero-order valence-electron chi connectivity index (χ0n) is 14.1. The summed E-state index contributed by atoms with van der Waals surface area (Å²) in [5.74, 6) is 1.43. The average molecular weight is 329 g/mol. The number of ether oxygens (including phenoxy) is 1. The van der Waals surface area contributed by atoms with Gasteiger partial charge in [0.1, 0.15) is 5.75 Å². The highest BCUT2D eigenvalue weighted by Gasteiger charge is 2.46. The lowest BCUT2D eigenvalue weighted by molar-refractivity contribution is -0.124. The third-order valence-corrected chi connectivity index (χ3v) is 5.60. The maximum Gasteiger partial charge on any atom is 0.224 e. The topological polar surface area (TPSA) is 38.3 Å². The number of aryl methyl sites for hydroxylation is 1. The fourth-order valence-corrected chi connectivity index (χ4v) is 4.14. The van der Waals surface area contributed by atoms with Crippen LogP contribution in [0.2, 0.25) is 0 Å². The normalized spacial score (nSPS) is 20.2. The van der Waals surface area contributed by atoms with Crippen LogP contribution in [0, 0.1) is 12.8 Å². The summed E-state index contributed by atoms with van der Waals surface area (Å²) in [7, 11) is 1.66. The van der Waals surface area contributed by atoms with E-state index >= 15 is 0 Å². The first-order valence-electron chi connectivity index (χ1n) is 7.94. The Balaban J connectivity index is 1.70. The summed E-state index contributed by atoms with van der Waals surface area (Å²) in [5.41, 5.74) is 0.544. The van der Waals surface area contributed by atoms with Gasteiger partial charge in [0.15, 0.2) is 0 Å². The van der Waals surface area contributed by atoms with Crippen LogP contribution in [0.4, 0.5) is 0 Å². The zero-order valence-corrected chi connectivity index (χ0v) is 14.9. The first kappa shape index (κ1) is 16.1. The number of carbonyl (C=O) groups is 1. The number of hydrogen-bond acceptors (Lipinski definition) is 3. The smallest absolute Gasteiger partial charge is 0.224 e. The highest BCUT2D eigenvalue weighted by atomic mass is 32.1. The van der Waals surface area contributed by atoms with Crippen molar-refractivity contribution in [2.24, 2.45) is 5.92 Å². The van der Waals surface area contributed by atoms with E-state index in [0.29, 0.717) is 5.92 Å². The predicted molar refractivity (Wildman–Crippen MR) is 94.1 cm³/mol. The van der Waals surface area contributed by atoms with Gasteiger partial charge in [0.2, 0.25) is 5.91 Å². The Bertz CT molecular complexity index is 720. The minimum absolute atomic E-state index is 0.0991. The van der Waals surface area contributed by atoms with E-state index in [1.54, 1.807) is 18.4 Å². The van der Waals surface area contributed by atoms with E-state index < -0.39 is 5.54 Å². The molecule has 0 radical (unpaired) electrons. The number of hydrogen-bond donors (Lipinski definition) is 1.